The fourth-order valence-electron chi connectivity index (χ4n) is 4.37. The first kappa shape index (κ1) is 31.2. The van der Waals surface area contributed by atoms with E-state index < -0.39 is 24.6 Å². The molecule has 2 aromatic rings. The van der Waals surface area contributed by atoms with Crippen LogP contribution < -0.4 is 10.6 Å². The molecule has 0 saturated heterocycles. The minimum absolute atomic E-state index is 0.0188. The van der Waals surface area contributed by atoms with E-state index >= 15 is 0 Å². The lowest BCUT2D eigenvalue weighted by Gasteiger charge is -2.45. The Hall–Kier alpha value is -1.30. The molecule has 0 heterocycles. The molecule has 0 aliphatic heterocycles. The molecular weight excluding hydrogens is 516 g/mol. The summed E-state index contributed by atoms with van der Waals surface area (Å²) < 4.78 is 14.1. The SMILES string of the molecule is C=C1/C(=C/CP(c2ccccc2)c2ccccc2)CC(O[Si](C)(C)C(C)(C)C)CC1O[Si](C)(C)C(C)(C)C. The normalized spacial score (nSPS) is 20.8. The van der Waals surface area contributed by atoms with Crippen LogP contribution in [0, 0.1) is 0 Å². The predicted octanol–water partition coefficient (Wildman–Crippen LogP) is 9.18. The molecule has 0 N–H and O–H groups in total. The summed E-state index contributed by atoms with van der Waals surface area (Å²) in [5.74, 6) is 0. The molecule has 0 amide bonds. The van der Waals surface area contributed by atoms with E-state index in [4.69, 9.17) is 8.85 Å². The van der Waals surface area contributed by atoms with E-state index in [1.165, 1.54) is 21.8 Å². The molecule has 2 aromatic carbocycles. The van der Waals surface area contributed by atoms with Gasteiger partial charge in [0.2, 0.25) is 0 Å². The third kappa shape index (κ3) is 7.67. The van der Waals surface area contributed by atoms with Gasteiger partial charge >= 0.3 is 0 Å². The van der Waals surface area contributed by atoms with Gasteiger partial charge < -0.3 is 8.85 Å². The summed E-state index contributed by atoms with van der Waals surface area (Å²) >= 11 is 0. The first-order chi connectivity index (χ1) is 17.5. The van der Waals surface area contributed by atoms with Crippen LogP contribution in [0.1, 0.15) is 54.4 Å². The lowest BCUT2D eigenvalue weighted by atomic mass is 9.86. The molecule has 0 aromatic heterocycles. The van der Waals surface area contributed by atoms with E-state index in [2.05, 4.69) is 141 Å². The number of benzene rings is 2. The van der Waals surface area contributed by atoms with E-state index in [1.54, 1.807) is 0 Å². The van der Waals surface area contributed by atoms with Crippen LogP contribution in [0.25, 0.3) is 0 Å². The van der Waals surface area contributed by atoms with Crippen molar-refractivity contribution in [3.63, 3.8) is 0 Å². The smallest absolute Gasteiger partial charge is 0.192 e. The van der Waals surface area contributed by atoms with E-state index in [-0.39, 0.29) is 22.3 Å². The zero-order valence-electron chi connectivity index (χ0n) is 25.6. The van der Waals surface area contributed by atoms with Gasteiger partial charge in [-0.1, -0.05) is 115 Å². The number of rotatable bonds is 8. The van der Waals surface area contributed by atoms with Crippen molar-refractivity contribution in [2.45, 2.75) is 103 Å². The average molecular weight is 567 g/mol. The highest BCUT2D eigenvalue weighted by molar-refractivity contribution is 7.73. The molecule has 1 fully saturated rings. The molecule has 1 saturated carbocycles. The predicted molar refractivity (Wildman–Crippen MR) is 175 cm³/mol. The highest BCUT2D eigenvalue weighted by Gasteiger charge is 2.44. The fourth-order valence-corrected chi connectivity index (χ4v) is 9.23. The summed E-state index contributed by atoms with van der Waals surface area (Å²) in [7, 11) is -4.38. The average Bonchev–Trinajstić information content (AvgIpc) is 2.81. The maximum absolute atomic E-state index is 7.03. The van der Waals surface area contributed by atoms with Crippen molar-refractivity contribution in [2.24, 2.45) is 0 Å². The summed E-state index contributed by atoms with van der Waals surface area (Å²) in [6.45, 7) is 28.0. The van der Waals surface area contributed by atoms with E-state index in [1.807, 2.05) is 0 Å². The van der Waals surface area contributed by atoms with Crippen molar-refractivity contribution in [3.8, 4) is 0 Å². The maximum atomic E-state index is 7.03. The number of hydrogen-bond donors (Lipinski definition) is 0. The molecule has 2 unspecified atom stereocenters. The van der Waals surface area contributed by atoms with Crippen LogP contribution in [0.5, 0.6) is 0 Å². The van der Waals surface area contributed by atoms with Crippen LogP contribution in [0.15, 0.2) is 84.5 Å². The fraction of sp³-hybridized carbons (Fsp3) is 0.515. The van der Waals surface area contributed by atoms with Crippen molar-refractivity contribution in [1.29, 1.82) is 0 Å². The minimum Gasteiger partial charge on any atom is -0.413 e. The van der Waals surface area contributed by atoms with Gasteiger partial charge in [0, 0.05) is 6.42 Å². The van der Waals surface area contributed by atoms with Crippen molar-refractivity contribution in [2.75, 3.05) is 6.16 Å². The first-order valence-corrected chi connectivity index (χ1v) is 21.5. The molecule has 2 atom stereocenters. The number of allylic oxidation sites excluding steroid dienone is 1. The zero-order chi connectivity index (χ0) is 28.4. The summed E-state index contributed by atoms with van der Waals surface area (Å²) in [4.78, 5) is 0. The molecular formula is C33H51O2PSi2. The van der Waals surface area contributed by atoms with Crippen LogP contribution in [0.3, 0.4) is 0 Å². The summed E-state index contributed by atoms with van der Waals surface area (Å²) in [5.41, 5.74) is 2.50. The Morgan fingerprint density at radius 3 is 1.68 bits per heavy atom. The second kappa shape index (κ2) is 12.1. The van der Waals surface area contributed by atoms with Crippen LogP contribution in [0.4, 0.5) is 0 Å². The van der Waals surface area contributed by atoms with Crippen molar-refractivity contribution in [1.82, 2.24) is 0 Å². The Balaban J connectivity index is 1.95. The second-order valence-corrected chi connectivity index (χ2v) is 25.6. The highest BCUT2D eigenvalue weighted by atomic mass is 31.1. The lowest BCUT2D eigenvalue weighted by Crippen LogP contribution is -2.49. The topological polar surface area (TPSA) is 18.5 Å². The van der Waals surface area contributed by atoms with Crippen LogP contribution >= 0.6 is 7.92 Å². The summed E-state index contributed by atoms with van der Waals surface area (Å²) in [6.07, 6.45) is 5.48. The second-order valence-electron chi connectivity index (χ2n) is 13.8. The van der Waals surface area contributed by atoms with E-state index in [9.17, 15) is 0 Å². The highest BCUT2D eigenvalue weighted by Crippen LogP contribution is 2.44. The molecule has 208 valence electrons. The summed E-state index contributed by atoms with van der Waals surface area (Å²) in [6, 6.07) is 22.0. The summed E-state index contributed by atoms with van der Waals surface area (Å²) in [5, 5.41) is 3.15. The van der Waals surface area contributed by atoms with Gasteiger partial charge in [-0.25, -0.2) is 0 Å². The number of hydrogen-bond acceptors (Lipinski definition) is 2. The maximum Gasteiger partial charge on any atom is 0.192 e. The first-order valence-electron chi connectivity index (χ1n) is 14.1. The lowest BCUT2D eigenvalue weighted by molar-refractivity contribution is 0.0969. The molecule has 2 nitrogen and oxygen atoms in total. The molecule has 38 heavy (non-hydrogen) atoms. The quantitative estimate of drug-likeness (QED) is 0.234. The van der Waals surface area contributed by atoms with Crippen molar-refractivity contribution >= 4 is 35.2 Å². The van der Waals surface area contributed by atoms with Crippen molar-refractivity contribution in [3.05, 3.63) is 84.5 Å². The Kier molecular flexibility index (Phi) is 9.92. The van der Waals surface area contributed by atoms with Gasteiger partial charge in [0.25, 0.3) is 0 Å². The minimum atomic E-state index is -1.97. The monoisotopic (exact) mass is 566 g/mol. The molecule has 1 aliphatic carbocycles. The van der Waals surface area contributed by atoms with Gasteiger partial charge in [0.15, 0.2) is 16.6 Å². The van der Waals surface area contributed by atoms with Gasteiger partial charge in [-0.15, -0.1) is 0 Å². The third-order valence-corrected chi connectivity index (χ3v) is 20.3. The van der Waals surface area contributed by atoms with Crippen LogP contribution in [-0.4, -0.2) is 35.0 Å². The largest absolute Gasteiger partial charge is 0.413 e. The molecule has 1 aliphatic rings. The Labute approximate surface area is 237 Å². The third-order valence-electron chi connectivity index (χ3n) is 8.89. The molecule has 0 bridgehead atoms. The van der Waals surface area contributed by atoms with Gasteiger partial charge in [-0.3, -0.25) is 0 Å². The van der Waals surface area contributed by atoms with Gasteiger partial charge in [0.05, 0.1) is 12.2 Å². The molecule has 0 radical (unpaired) electrons. The van der Waals surface area contributed by atoms with Gasteiger partial charge in [-0.05, 0) is 78.5 Å². The van der Waals surface area contributed by atoms with Gasteiger partial charge in [-0.2, -0.15) is 0 Å². The molecule has 5 heteroatoms. The van der Waals surface area contributed by atoms with Gasteiger partial charge in [0.1, 0.15) is 0 Å². The van der Waals surface area contributed by atoms with E-state index in [0.717, 1.165) is 19.0 Å². The Morgan fingerprint density at radius 2 is 1.24 bits per heavy atom. The molecule has 3 rings (SSSR count). The van der Waals surface area contributed by atoms with Crippen LogP contribution in [0.2, 0.25) is 36.3 Å². The zero-order valence-corrected chi connectivity index (χ0v) is 28.5. The van der Waals surface area contributed by atoms with Crippen LogP contribution in [-0.2, 0) is 8.85 Å². The Bertz CT molecular complexity index is 1060. The van der Waals surface area contributed by atoms with Crippen molar-refractivity contribution < 1.29 is 8.85 Å². The standard InChI is InChI=1S/C33H51O2PSi2/c1-26-27(22-23-36(29-18-14-12-15-19-29)30-20-16-13-17-21-30)24-28(34-37(8,9)32(2,3)4)25-31(26)35-38(10,11)33(5,6)7/h12-22,28,31H,1,23-25H2,2-11H3/b27-22+. The Morgan fingerprint density at radius 1 is 0.789 bits per heavy atom. The van der Waals surface area contributed by atoms with E-state index in [0.29, 0.717) is 0 Å². The molecule has 0 spiro atoms.